The van der Waals surface area contributed by atoms with Gasteiger partial charge in [0.2, 0.25) is 5.88 Å². The molecule has 0 spiro atoms. The van der Waals surface area contributed by atoms with Crippen LogP contribution >= 0.6 is 0 Å². The molecule has 1 aliphatic heterocycles. The summed E-state index contributed by atoms with van der Waals surface area (Å²) in [5.41, 5.74) is -0.600. The number of carbonyl (C=O) groups excluding carboxylic acids is 2. The van der Waals surface area contributed by atoms with Crippen molar-refractivity contribution in [1.82, 2.24) is 20.4 Å². The van der Waals surface area contributed by atoms with E-state index in [9.17, 15) is 27.2 Å². The Kier molecular flexibility index (Phi) is 7.85. The Labute approximate surface area is 209 Å². The zero-order valence-corrected chi connectivity index (χ0v) is 19.5. The average molecular weight is 517 g/mol. The van der Waals surface area contributed by atoms with E-state index in [1.807, 2.05) is 4.90 Å². The van der Waals surface area contributed by atoms with Gasteiger partial charge in [-0.05, 0) is 42.3 Å². The SMILES string of the molecule is O=C(NCCc1cccc(F)c1)Oc1ccc(N2CCN(C(=O)c3ccccc3C(F)(F)F)CC2)nn1. The number of alkyl halides is 3. The molecule has 0 unspecified atom stereocenters. The Balaban J connectivity index is 1.26. The van der Waals surface area contributed by atoms with Crippen LogP contribution in [0.2, 0.25) is 0 Å². The third-order valence-electron chi connectivity index (χ3n) is 5.75. The predicted octanol–water partition coefficient (Wildman–Crippen LogP) is 3.93. The minimum atomic E-state index is -4.62. The summed E-state index contributed by atoms with van der Waals surface area (Å²) in [7, 11) is 0. The van der Waals surface area contributed by atoms with Gasteiger partial charge in [-0.3, -0.25) is 4.79 Å². The van der Waals surface area contributed by atoms with Crippen LogP contribution in [-0.2, 0) is 12.6 Å². The molecule has 1 aliphatic rings. The molecule has 0 saturated carbocycles. The van der Waals surface area contributed by atoms with Gasteiger partial charge in [0.25, 0.3) is 5.91 Å². The van der Waals surface area contributed by atoms with Gasteiger partial charge in [0.15, 0.2) is 5.82 Å². The third kappa shape index (κ3) is 6.72. The molecule has 194 valence electrons. The Hall–Kier alpha value is -4.22. The molecular weight excluding hydrogens is 494 g/mol. The maximum absolute atomic E-state index is 13.3. The first-order chi connectivity index (χ1) is 17.7. The van der Waals surface area contributed by atoms with Gasteiger partial charge < -0.3 is 19.9 Å². The van der Waals surface area contributed by atoms with Gasteiger partial charge in [0.05, 0.1) is 11.1 Å². The highest BCUT2D eigenvalue weighted by atomic mass is 19.4. The third-order valence-corrected chi connectivity index (χ3v) is 5.75. The van der Waals surface area contributed by atoms with E-state index < -0.39 is 23.7 Å². The van der Waals surface area contributed by atoms with Crippen LogP contribution in [0.25, 0.3) is 0 Å². The molecule has 2 aromatic carbocycles. The number of piperazine rings is 1. The smallest absolute Gasteiger partial charge is 0.390 e. The normalized spacial score (nSPS) is 13.8. The standard InChI is InChI=1S/C25H23F4N5O3/c26-18-5-3-4-17(16-18)10-11-30-24(36)37-22-9-8-21(31-32-22)33-12-14-34(15-13-33)23(35)19-6-1-2-7-20(19)25(27,28)29/h1-9,16H,10-15H2,(H,30,36). The number of anilines is 1. The lowest BCUT2D eigenvalue weighted by molar-refractivity contribution is -0.138. The van der Waals surface area contributed by atoms with Crippen molar-refractivity contribution in [2.75, 3.05) is 37.6 Å². The summed E-state index contributed by atoms with van der Waals surface area (Å²) < 4.78 is 58.1. The van der Waals surface area contributed by atoms with Crippen molar-refractivity contribution in [3.8, 4) is 5.88 Å². The monoisotopic (exact) mass is 517 g/mol. The maximum atomic E-state index is 13.3. The first-order valence-corrected chi connectivity index (χ1v) is 11.4. The van der Waals surface area contributed by atoms with Crippen molar-refractivity contribution in [3.63, 3.8) is 0 Å². The van der Waals surface area contributed by atoms with Gasteiger partial charge in [-0.15, -0.1) is 10.2 Å². The number of halogens is 4. The van der Waals surface area contributed by atoms with Gasteiger partial charge in [-0.1, -0.05) is 24.3 Å². The van der Waals surface area contributed by atoms with Crippen LogP contribution in [0.5, 0.6) is 5.88 Å². The second-order valence-corrected chi connectivity index (χ2v) is 8.25. The molecule has 1 aromatic heterocycles. The molecule has 37 heavy (non-hydrogen) atoms. The van der Waals surface area contributed by atoms with Gasteiger partial charge >= 0.3 is 12.3 Å². The van der Waals surface area contributed by atoms with Crippen LogP contribution in [0, 0.1) is 5.82 Å². The number of hydrogen-bond acceptors (Lipinski definition) is 6. The summed E-state index contributed by atoms with van der Waals surface area (Å²) in [6, 6.07) is 13.8. The summed E-state index contributed by atoms with van der Waals surface area (Å²) in [5, 5.41) is 10.5. The second-order valence-electron chi connectivity index (χ2n) is 8.25. The summed E-state index contributed by atoms with van der Waals surface area (Å²) in [4.78, 5) is 27.9. The number of aromatic nitrogens is 2. The number of amides is 2. The minimum absolute atomic E-state index is 0.0235. The molecule has 2 amide bonds. The first kappa shape index (κ1) is 25.9. The quantitative estimate of drug-likeness (QED) is 0.499. The maximum Gasteiger partial charge on any atom is 0.417 e. The first-order valence-electron chi connectivity index (χ1n) is 11.4. The largest absolute Gasteiger partial charge is 0.417 e. The van der Waals surface area contributed by atoms with Crippen LogP contribution in [0.3, 0.4) is 0 Å². The average Bonchev–Trinajstić information content (AvgIpc) is 2.88. The summed E-state index contributed by atoms with van der Waals surface area (Å²) in [6.45, 7) is 1.34. The van der Waals surface area contributed by atoms with Gasteiger partial charge in [0.1, 0.15) is 5.82 Å². The predicted molar refractivity (Wildman–Crippen MR) is 126 cm³/mol. The molecule has 3 aromatic rings. The molecule has 1 fully saturated rings. The molecule has 2 heterocycles. The van der Waals surface area contributed by atoms with E-state index in [1.54, 1.807) is 18.2 Å². The minimum Gasteiger partial charge on any atom is -0.390 e. The van der Waals surface area contributed by atoms with Crippen LogP contribution in [0.15, 0.2) is 60.7 Å². The molecule has 1 N–H and O–H groups in total. The number of nitrogens with zero attached hydrogens (tertiary/aromatic N) is 4. The topological polar surface area (TPSA) is 87.7 Å². The van der Waals surface area contributed by atoms with E-state index in [1.165, 1.54) is 41.3 Å². The van der Waals surface area contributed by atoms with Crippen LogP contribution in [0.1, 0.15) is 21.5 Å². The summed E-state index contributed by atoms with van der Waals surface area (Å²) >= 11 is 0. The zero-order chi connectivity index (χ0) is 26.4. The fourth-order valence-electron chi connectivity index (χ4n) is 3.89. The Bertz CT molecular complexity index is 1250. The van der Waals surface area contributed by atoms with Crippen molar-refractivity contribution in [3.05, 3.63) is 83.2 Å². The lowest BCUT2D eigenvalue weighted by Gasteiger charge is -2.35. The molecule has 0 atom stereocenters. The van der Waals surface area contributed by atoms with Crippen molar-refractivity contribution < 1.29 is 31.9 Å². The summed E-state index contributed by atoms with van der Waals surface area (Å²) in [5.74, 6) is -0.577. The van der Waals surface area contributed by atoms with Gasteiger partial charge in [0, 0.05) is 38.8 Å². The van der Waals surface area contributed by atoms with E-state index in [0.717, 1.165) is 11.6 Å². The number of ether oxygens (including phenoxy) is 1. The number of carbonyl (C=O) groups is 2. The van der Waals surface area contributed by atoms with Gasteiger partial charge in [-0.25, -0.2) is 9.18 Å². The molecule has 8 nitrogen and oxygen atoms in total. The Morgan fingerprint density at radius 2 is 1.70 bits per heavy atom. The van der Waals surface area contributed by atoms with E-state index >= 15 is 0 Å². The van der Waals surface area contributed by atoms with Crippen LogP contribution < -0.4 is 15.0 Å². The molecule has 4 rings (SSSR count). The number of nitrogens with one attached hydrogen (secondary N) is 1. The van der Waals surface area contributed by atoms with Crippen LogP contribution in [-0.4, -0.2) is 59.8 Å². The molecule has 0 aliphatic carbocycles. The van der Waals surface area contributed by atoms with E-state index in [0.29, 0.717) is 25.3 Å². The van der Waals surface area contributed by atoms with E-state index in [-0.39, 0.29) is 36.9 Å². The fourth-order valence-corrected chi connectivity index (χ4v) is 3.89. The summed E-state index contributed by atoms with van der Waals surface area (Å²) in [6.07, 6.45) is -4.93. The lowest BCUT2D eigenvalue weighted by atomic mass is 10.1. The number of benzene rings is 2. The molecule has 0 radical (unpaired) electrons. The molecule has 12 heteroatoms. The van der Waals surface area contributed by atoms with Crippen molar-refractivity contribution in [2.24, 2.45) is 0 Å². The van der Waals surface area contributed by atoms with Crippen LogP contribution in [0.4, 0.5) is 28.2 Å². The van der Waals surface area contributed by atoms with Crippen molar-refractivity contribution in [2.45, 2.75) is 12.6 Å². The highest BCUT2D eigenvalue weighted by molar-refractivity contribution is 5.96. The fraction of sp³-hybridized carbons (Fsp3) is 0.280. The lowest BCUT2D eigenvalue weighted by Crippen LogP contribution is -2.49. The molecule has 1 saturated heterocycles. The Morgan fingerprint density at radius 3 is 2.38 bits per heavy atom. The van der Waals surface area contributed by atoms with Crippen molar-refractivity contribution in [1.29, 1.82) is 0 Å². The second kappa shape index (κ2) is 11.2. The highest BCUT2D eigenvalue weighted by Crippen LogP contribution is 2.32. The molecule has 0 bridgehead atoms. The van der Waals surface area contributed by atoms with Crippen molar-refractivity contribution >= 4 is 17.8 Å². The Morgan fingerprint density at radius 1 is 0.946 bits per heavy atom. The van der Waals surface area contributed by atoms with Gasteiger partial charge in [-0.2, -0.15) is 13.2 Å². The van der Waals surface area contributed by atoms with E-state index in [2.05, 4.69) is 15.5 Å². The number of rotatable bonds is 6. The van der Waals surface area contributed by atoms with E-state index in [4.69, 9.17) is 4.74 Å². The zero-order valence-electron chi connectivity index (χ0n) is 19.5. The highest BCUT2D eigenvalue weighted by Gasteiger charge is 2.36. The number of hydrogen-bond donors (Lipinski definition) is 1. The molecular formula is C25H23F4N5O3.